The lowest BCUT2D eigenvalue weighted by Crippen LogP contribution is -2.04. The van der Waals surface area contributed by atoms with Crippen molar-refractivity contribution in [2.45, 2.75) is 11.3 Å². The molecule has 0 spiro atoms. The van der Waals surface area contributed by atoms with E-state index in [1.807, 2.05) is 0 Å². The number of rotatable bonds is 3. The number of hydrogen-bond donors (Lipinski definition) is 2. The lowest BCUT2D eigenvalue weighted by molar-refractivity contribution is -0.137. The standard InChI is InChI=1S/C10H9F3N2OS/c11-10(12,13)6-1-2-7-8(5-6)15-9(14-7)17-4-3-16/h1-2,5,16H,3-4H2,(H,14,15). The minimum atomic E-state index is -4.35. The van der Waals surface area contributed by atoms with E-state index in [0.717, 1.165) is 12.1 Å². The van der Waals surface area contributed by atoms with E-state index in [4.69, 9.17) is 5.11 Å². The van der Waals surface area contributed by atoms with Crippen LogP contribution in [0.1, 0.15) is 5.56 Å². The predicted molar refractivity (Wildman–Crippen MR) is 58.9 cm³/mol. The largest absolute Gasteiger partial charge is 0.416 e. The minimum Gasteiger partial charge on any atom is -0.396 e. The van der Waals surface area contributed by atoms with Gasteiger partial charge in [-0.25, -0.2) is 4.98 Å². The Labute approximate surface area is 99.1 Å². The number of H-pyrrole nitrogens is 1. The Balaban J connectivity index is 2.34. The summed E-state index contributed by atoms with van der Waals surface area (Å²) in [7, 11) is 0. The molecule has 0 bridgehead atoms. The molecule has 0 fully saturated rings. The molecule has 0 aliphatic heterocycles. The smallest absolute Gasteiger partial charge is 0.396 e. The van der Waals surface area contributed by atoms with E-state index in [9.17, 15) is 13.2 Å². The highest BCUT2D eigenvalue weighted by Gasteiger charge is 2.30. The van der Waals surface area contributed by atoms with Crippen molar-refractivity contribution in [3.63, 3.8) is 0 Å². The van der Waals surface area contributed by atoms with Gasteiger partial charge in [0.15, 0.2) is 5.16 Å². The Morgan fingerprint density at radius 1 is 1.35 bits per heavy atom. The van der Waals surface area contributed by atoms with E-state index in [0.29, 0.717) is 21.9 Å². The molecule has 0 radical (unpaired) electrons. The normalized spacial score (nSPS) is 12.2. The van der Waals surface area contributed by atoms with Crippen molar-refractivity contribution in [2.24, 2.45) is 0 Å². The maximum Gasteiger partial charge on any atom is 0.416 e. The number of aromatic nitrogens is 2. The highest BCUT2D eigenvalue weighted by molar-refractivity contribution is 7.99. The highest BCUT2D eigenvalue weighted by Crippen LogP contribution is 2.31. The van der Waals surface area contributed by atoms with Crippen molar-refractivity contribution >= 4 is 22.8 Å². The first kappa shape index (κ1) is 12.3. The van der Waals surface area contributed by atoms with E-state index in [-0.39, 0.29) is 6.61 Å². The Bertz CT molecular complexity index is 524. The third-order valence-corrected chi connectivity index (χ3v) is 2.97. The minimum absolute atomic E-state index is 0.00445. The van der Waals surface area contributed by atoms with Crippen LogP contribution in [-0.2, 0) is 6.18 Å². The van der Waals surface area contributed by atoms with Crippen LogP contribution in [0.15, 0.2) is 23.4 Å². The zero-order chi connectivity index (χ0) is 12.5. The number of aliphatic hydroxyl groups excluding tert-OH is 1. The lowest BCUT2D eigenvalue weighted by atomic mass is 10.2. The summed E-state index contributed by atoms with van der Waals surface area (Å²) in [6.45, 7) is -0.00445. The number of nitrogens with zero attached hydrogens (tertiary/aromatic N) is 1. The van der Waals surface area contributed by atoms with Crippen molar-refractivity contribution in [1.29, 1.82) is 0 Å². The first-order valence-electron chi connectivity index (χ1n) is 4.81. The fourth-order valence-electron chi connectivity index (χ4n) is 1.37. The first-order valence-corrected chi connectivity index (χ1v) is 5.80. The van der Waals surface area contributed by atoms with E-state index in [2.05, 4.69) is 9.97 Å². The zero-order valence-electron chi connectivity index (χ0n) is 8.58. The molecule has 7 heteroatoms. The molecule has 0 saturated heterocycles. The average molecular weight is 262 g/mol. The zero-order valence-corrected chi connectivity index (χ0v) is 9.40. The second-order valence-corrected chi connectivity index (χ2v) is 4.43. The second kappa shape index (κ2) is 4.58. The summed E-state index contributed by atoms with van der Waals surface area (Å²) in [5, 5.41) is 9.15. The third kappa shape index (κ3) is 2.73. The molecule has 1 aromatic heterocycles. The number of alkyl halides is 3. The monoisotopic (exact) mass is 262 g/mol. The summed E-state index contributed by atoms with van der Waals surface area (Å²) in [4.78, 5) is 6.89. The predicted octanol–water partition coefficient (Wildman–Crippen LogP) is 2.67. The summed E-state index contributed by atoms with van der Waals surface area (Å²) in [5.41, 5.74) is 0.131. The number of aromatic amines is 1. The Morgan fingerprint density at radius 2 is 2.12 bits per heavy atom. The fraction of sp³-hybridized carbons (Fsp3) is 0.300. The number of hydrogen-bond acceptors (Lipinski definition) is 3. The van der Waals surface area contributed by atoms with E-state index < -0.39 is 11.7 Å². The van der Waals surface area contributed by atoms with E-state index in [1.54, 1.807) is 0 Å². The van der Waals surface area contributed by atoms with Gasteiger partial charge in [0, 0.05) is 5.75 Å². The van der Waals surface area contributed by atoms with Crippen LogP contribution in [0, 0.1) is 0 Å². The highest BCUT2D eigenvalue weighted by atomic mass is 32.2. The summed E-state index contributed by atoms with van der Waals surface area (Å²) >= 11 is 1.26. The molecule has 2 rings (SSSR count). The number of imidazole rings is 1. The maximum absolute atomic E-state index is 12.5. The molecule has 2 N–H and O–H groups in total. The average Bonchev–Trinajstić information content (AvgIpc) is 2.66. The number of nitrogens with one attached hydrogen (secondary N) is 1. The topological polar surface area (TPSA) is 48.9 Å². The molecule has 2 aromatic rings. The molecule has 0 aliphatic rings. The Kier molecular flexibility index (Phi) is 3.30. The number of halogens is 3. The van der Waals surface area contributed by atoms with E-state index >= 15 is 0 Å². The van der Waals surface area contributed by atoms with Crippen molar-refractivity contribution in [1.82, 2.24) is 9.97 Å². The van der Waals surface area contributed by atoms with E-state index in [1.165, 1.54) is 17.8 Å². The summed E-state index contributed by atoms with van der Waals surface area (Å²) in [5.74, 6) is 0.450. The van der Waals surface area contributed by atoms with Crippen LogP contribution >= 0.6 is 11.8 Å². The van der Waals surface area contributed by atoms with Crippen LogP contribution in [0.2, 0.25) is 0 Å². The number of aliphatic hydroxyl groups is 1. The van der Waals surface area contributed by atoms with Crippen LogP contribution in [0.4, 0.5) is 13.2 Å². The second-order valence-electron chi connectivity index (χ2n) is 3.34. The molecule has 0 saturated carbocycles. The van der Waals surface area contributed by atoms with Gasteiger partial charge in [0.25, 0.3) is 0 Å². The molecule has 92 valence electrons. The summed E-state index contributed by atoms with van der Waals surface area (Å²) in [6, 6.07) is 3.37. The molecule has 0 aliphatic carbocycles. The maximum atomic E-state index is 12.5. The van der Waals surface area contributed by atoms with Gasteiger partial charge in [0.1, 0.15) is 0 Å². The van der Waals surface area contributed by atoms with Crippen LogP contribution < -0.4 is 0 Å². The summed E-state index contributed by atoms with van der Waals surface area (Å²) < 4.78 is 37.4. The SMILES string of the molecule is OCCSc1nc2ccc(C(F)(F)F)cc2[nH]1. The van der Waals surface area contributed by atoms with Gasteiger partial charge in [-0.1, -0.05) is 11.8 Å². The van der Waals surface area contributed by atoms with Gasteiger partial charge >= 0.3 is 6.18 Å². The van der Waals surface area contributed by atoms with Gasteiger partial charge in [-0.2, -0.15) is 13.2 Å². The molecule has 3 nitrogen and oxygen atoms in total. The van der Waals surface area contributed by atoms with Crippen LogP contribution in [0.3, 0.4) is 0 Å². The molecular formula is C10H9F3N2OS. The van der Waals surface area contributed by atoms with Crippen molar-refractivity contribution < 1.29 is 18.3 Å². The molecule has 0 atom stereocenters. The number of thioether (sulfide) groups is 1. The van der Waals surface area contributed by atoms with Crippen LogP contribution in [0.5, 0.6) is 0 Å². The molecule has 17 heavy (non-hydrogen) atoms. The van der Waals surface area contributed by atoms with Crippen molar-refractivity contribution in [3.8, 4) is 0 Å². The number of benzene rings is 1. The van der Waals surface area contributed by atoms with Gasteiger partial charge in [-0.15, -0.1) is 0 Å². The van der Waals surface area contributed by atoms with Gasteiger partial charge in [-0.05, 0) is 18.2 Å². The van der Waals surface area contributed by atoms with Crippen molar-refractivity contribution in [3.05, 3.63) is 23.8 Å². The van der Waals surface area contributed by atoms with Crippen LogP contribution in [-0.4, -0.2) is 27.4 Å². The molecular weight excluding hydrogens is 253 g/mol. The van der Waals surface area contributed by atoms with Gasteiger partial charge in [0.05, 0.1) is 23.2 Å². The third-order valence-electron chi connectivity index (χ3n) is 2.12. The quantitative estimate of drug-likeness (QED) is 0.836. The summed E-state index contributed by atoms with van der Waals surface area (Å²) in [6.07, 6.45) is -4.35. The Morgan fingerprint density at radius 3 is 2.76 bits per heavy atom. The molecule has 1 heterocycles. The molecule has 0 unspecified atom stereocenters. The molecule has 0 amide bonds. The van der Waals surface area contributed by atoms with Crippen molar-refractivity contribution in [2.75, 3.05) is 12.4 Å². The van der Waals surface area contributed by atoms with Gasteiger partial charge < -0.3 is 10.1 Å². The lowest BCUT2D eigenvalue weighted by Gasteiger charge is -2.05. The van der Waals surface area contributed by atoms with Gasteiger partial charge in [-0.3, -0.25) is 0 Å². The fourth-order valence-corrected chi connectivity index (χ4v) is 2.00. The first-order chi connectivity index (χ1) is 8.00. The van der Waals surface area contributed by atoms with Crippen LogP contribution in [0.25, 0.3) is 11.0 Å². The molecule has 1 aromatic carbocycles. The van der Waals surface area contributed by atoms with Gasteiger partial charge in [0.2, 0.25) is 0 Å². The number of fused-ring (bicyclic) bond motifs is 1. The Hall–Kier alpha value is -1.21.